The first kappa shape index (κ1) is 36.2. The molecule has 5 saturated carbocycles. The van der Waals surface area contributed by atoms with Gasteiger partial charge in [0.25, 0.3) is 0 Å². The fourth-order valence-electron chi connectivity index (χ4n) is 13.5. The molecule has 6 aliphatic rings. The number of aliphatic carboxylic acids is 1. The molecule has 1 aliphatic heterocycles. The van der Waals surface area contributed by atoms with Crippen molar-refractivity contribution in [3.05, 3.63) is 12.2 Å². The first-order valence-corrected chi connectivity index (χ1v) is 18.5. The van der Waals surface area contributed by atoms with E-state index in [1.165, 1.54) is 12.2 Å². The number of hydrogen-bond donors (Lipinski definition) is 5. The van der Waals surface area contributed by atoms with Crippen molar-refractivity contribution < 1.29 is 39.6 Å². The predicted molar refractivity (Wildman–Crippen MR) is 180 cm³/mol. The number of nitrogens with one attached hydrogen (secondary N) is 1. The maximum absolute atomic E-state index is 13.5. The van der Waals surface area contributed by atoms with Crippen LogP contribution in [0.2, 0.25) is 0 Å². The molecule has 1 heterocycles. The zero-order chi connectivity index (χ0) is 35.2. The van der Waals surface area contributed by atoms with Gasteiger partial charge in [0.05, 0.1) is 19.1 Å². The van der Waals surface area contributed by atoms with Crippen LogP contribution in [0.25, 0.3) is 0 Å². The van der Waals surface area contributed by atoms with Gasteiger partial charge in [-0.05, 0) is 122 Å². The third-order valence-electron chi connectivity index (χ3n) is 16.2. The third kappa shape index (κ3) is 5.08. The summed E-state index contributed by atoms with van der Waals surface area (Å²) < 4.78 is 5.53. The van der Waals surface area contributed by atoms with E-state index in [9.17, 15) is 30.0 Å². The third-order valence-corrected chi connectivity index (χ3v) is 16.2. The van der Waals surface area contributed by atoms with Crippen LogP contribution >= 0.6 is 0 Å². The fraction of sp³-hybridized carbons (Fsp3) is 0.895. The van der Waals surface area contributed by atoms with Gasteiger partial charge in [0.1, 0.15) is 24.9 Å². The van der Waals surface area contributed by atoms with Crippen LogP contribution in [0.3, 0.4) is 0 Å². The second-order valence-corrected chi connectivity index (χ2v) is 18.2. The van der Waals surface area contributed by atoms with Crippen molar-refractivity contribution in [1.82, 2.24) is 10.4 Å². The topological polar surface area (TPSA) is 149 Å². The zero-order valence-electron chi connectivity index (χ0n) is 30.3. The standard InChI is InChI=1S/C38H62N2O8/c1-21(2)22-11-16-38(33(45)46)18-17-36(6)23(29(22)38)9-10-26-35(5)14-13-27(34(3,4)25(35)12-15-37(26,36)7)39-28(42)19-40(47-8)32-31(44)30(43)24(41)20-48-32/h22-27,29-32,41,43-44H,1,9-20H2,2-8H3,(H,39,42)(H,45,46)/t22-,23+,24-,25-,26+,27-,29+,30-,31-,32-,35-,36+,37+,38-/m0/s1. The van der Waals surface area contributed by atoms with Gasteiger partial charge in [0, 0.05) is 6.04 Å². The normalized spacial score (nSPS) is 49.6. The summed E-state index contributed by atoms with van der Waals surface area (Å²) in [6.07, 6.45) is 4.65. The summed E-state index contributed by atoms with van der Waals surface area (Å²) in [6.45, 7) is 18.4. The number of amides is 1. The van der Waals surface area contributed by atoms with E-state index in [-0.39, 0.29) is 58.6 Å². The minimum atomic E-state index is -1.42. The Morgan fingerprint density at radius 2 is 1.60 bits per heavy atom. The van der Waals surface area contributed by atoms with E-state index in [0.717, 1.165) is 69.8 Å². The van der Waals surface area contributed by atoms with Crippen LogP contribution in [0.5, 0.6) is 0 Å². The predicted octanol–water partition coefficient (Wildman–Crippen LogP) is 4.52. The number of aliphatic hydroxyl groups excluding tert-OH is 3. The molecule has 5 aliphatic carbocycles. The maximum Gasteiger partial charge on any atom is 0.309 e. The summed E-state index contributed by atoms with van der Waals surface area (Å²) in [4.78, 5) is 31.9. The Hall–Kier alpha value is -1.56. The molecule has 0 bridgehead atoms. The average molecular weight is 675 g/mol. The summed E-state index contributed by atoms with van der Waals surface area (Å²) in [5, 5.41) is 45.7. The highest BCUT2D eigenvalue weighted by molar-refractivity contribution is 5.78. The summed E-state index contributed by atoms with van der Waals surface area (Å²) >= 11 is 0. The molecule has 1 saturated heterocycles. The highest BCUT2D eigenvalue weighted by Crippen LogP contribution is 2.77. The van der Waals surface area contributed by atoms with E-state index >= 15 is 0 Å². The second-order valence-electron chi connectivity index (χ2n) is 18.2. The van der Waals surface area contributed by atoms with Gasteiger partial charge in [0.15, 0.2) is 6.23 Å². The van der Waals surface area contributed by atoms with Crippen molar-refractivity contribution in [1.29, 1.82) is 0 Å². The van der Waals surface area contributed by atoms with Gasteiger partial charge in [-0.15, -0.1) is 5.06 Å². The molecule has 0 unspecified atom stereocenters. The molecule has 10 nitrogen and oxygen atoms in total. The number of hydroxylamine groups is 2. The summed E-state index contributed by atoms with van der Waals surface area (Å²) in [7, 11) is 1.39. The Bertz CT molecular complexity index is 1290. The van der Waals surface area contributed by atoms with E-state index < -0.39 is 35.9 Å². The lowest BCUT2D eigenvalue weighted by molar-refractivity contribution is -0.303. The van der Waals surface area contributed by atoms with Gasteiger partial charge in [-0.2, -0.15) is 0 Å². The molecule has 0 spiro atoms. The molecule has 10 heteroatoms. The number of carboxylic acid groups (broad SMARTS) is 1. The van der Waals surface area contributed by atoms with E-state index in [0.29, 0.717) is 17.8 Å². The Kier molecular flexibility index (Phi) is 9.28. The summed E-state index contributed by atoms with van der Waals surface area (Å²) in [5.41, 5.74) is 0.661. The Balaban J connectivity index is 1.20. The Morgan fingerprint density at radius 3 is 2.25 bits per heavy atom. The number of fused-ring (bicyclic) bond motifs is 7. The van der Waals surface area contributed by atoms with Crippen molar-refractivity contribution in [2.24, 2.45) is 56.7 Å². The first-order chi connectivity index (χ1) is 22.4. The van der Waals surface area contributed by atoms with Crippen molar-refractivity contribution in [2.75, 3.05) is 20.3 Å². The number of nitrogens with zero attached hydrogens (tertiary/aromatic N) is 1. The molecule has 6 rings (SSSR count). The Labute approximate surface area is 287 Å². The van der Waals surface area contributed by atoms with E-state index in [2.05, 4.69) is 53.4 Å². The lowest BCUT2D eigenvalue weighted by Crippen LogP contribution is -2.68. The number of rotatable bonds is 7. The maximum atomic E-state index is 13.5. The lowest BCUT2D eigenvalue weighted by atomic mass is 9.32. The molecular weight excluding hydrogens is 612 g/mol. The van der Waals surface area contributed by atoms with E-state index in [4.69, 9.17) is 9.57 Å². The molecule has 48 heavy (non-hydrogen) atoms. The largest absolute Gasteiger partial charge is 0.481 e. The van der Waals surface area contributed by atoms with Gasteiger partial charge in [-0.3, -0.25) is 14.4 Å². The van der Waals surface area contributed by atoms with E-state index in [1.807, 2.05) is 0 Å². The molecule has 14 atom stereocenters. The second kappa shape index (κ2) is 12.3. The van der Waals surface area contributed by atoms with Crippen LogP contribution < -0.4 is 5.32 Å². The SMILES string of the molecule is C=C(C)[C@@H]1CC[C@]2(C(=O)O)CC[C@]3(C)[C@H](CC[C@@H]4[C@@]5(C)CC[C@H](NC(=O)CN(OC)[C@H]6OC[C@H](O)[C@H](O)[C@@H]6O)C(C)(C)[C@@H]5CC[C@]43C)[C@@H]12. The van der Waals surface area contributed by atoms with Crippen LogP contribution in [0.1, 0.15) is 106 Å². The minimum Gasteiger partial charge on any atom is -0.481 e. The van der Waals surface area contributed by atoms with Crippen molar-refractivity contribution in [2.45, 2.75) is 136 Å². The molecule has 0 aromatic heterocycles. The highest BCUT2D eigenvalue weighted by Gasteiger charge is 2.72. The molecule has 272 valence electrons. The lowest BCUT2D eigenvalue weighted by Gasteiger charge is -2.73. The summed E-state index contributed by atoms with van der Waals surface area (Å²) in [6, 6.07) is -0.0386. The molecule has 0 aromatic rings. The quantitative estimate of drug-likeness (QED) is 0.194. The highest BCUT2D eigenvalue weighted by atomic mass is 16.7. The van der Waals surface area contributed by atoms with Gasteiger partial charge < -0.3 is 30.5 Å². The van der Waals surface area contributed by atoms with Crippen molar-refractivity contribution >= 4 is 11.9 Å². The minimum absolute atomic E-state index is 0.0386. The molecular formula is C38H62N2O8. The van der Waals surface area contributed by atoms with Gasteiger partial charge in [-0.1, -0.05) is 46.8 Å². The first-order valence-electron chi connectivity index (χ1n) is 18.5. The van der Waals surface area contributed by atoms with Gasteiger partial charge in [-0.25, -0.2) is 0 Å². The number of carboxylic acids is 1. The fourth-order valence-corrected chi connectivity index (χ4v) is 13.5. The number of carbonyl (C=O) groups is 2. The van der Waals surface area contributed by atoms with Crippen molar-refractivity contribution in [3.63, 3.8) is 0 Å². The molecule has 6 fully saturated rings. The van der Waals surface area contributed by atoms with Gasteiger partial charge >= 0.3 is 5.97 Å². The number of hydrogen-bond acceptors (Lipinski definition) is 8. The monoisotopic (exact) mass is 674 g/mol. The van der Waals surface area contributed by atoms with Crippen LogP contribution in [0, 0.1) is 56.7 Å². The van der Waals surface area contributed by atoms with E-state index in [1.54, 1.807) is 0 Å². The molecule has 0 radical (unpaired) electrons. The zero-order valence-corrected chi connectivity index (χ0v) is 30.3. The summed E-state index contributed by atoms with van der Waals surface area (Å²) in [5.74, 6) is 0.950. The van der Waals surface area contributed by atoms with Crippen LogP contribution in [-0.4, -0.2) is 88.2 Å². The molecule has 0 aromatic carbocycles. The number of allylic oxidation sites excluding steroid dienone is 1. The van der Waals surface area contributed by atoms with Gasteiger partial charge in [0.2, 0.25) is 5.91 Å². The molecule has 1 amide bonds. The number of ether oxygens (including phenoxy) is 1. The van der Waals surface area contributed by atoms with Crippen LogP contribution in [0.4, 0.5) is 0 Å². The number of carbonyl (C=O) groups excluding carboxylic acids is 1. The number of aliphatic hydroxyl groups is 3. The van der Waals surface area contributed by atoms with Crippen LogP contribution in [0.15, 0.2) is 12.2 Å². The smallest absolute Gasteiger partial charge is 0.309 e. The van der Waals surface area contributed by atoms with Crippen molar-refractivity contribution in [3.8, 4) is 0 Å². The average Bonchev–Trinajstić information content (AvgIpc) is 3.42. The van der Waals surface area contributed by atoms with Crippen LogP contribution in [-0.2, 0) is 19.2 Å². The Morgan fingerprint density at radius 1 is 0.896 bits per heavy atom. The molecule has 5 N–H and O–H groups in total.